The lowest BCUT2D eigenvalue weighted by atomic mass is 9.83. The zero-order valence-corrected chi connectivity index (χ0v) is 12.5. The van der Waals surface area contributed by atoms with Crippen LogP contribution in [0, 0.1) is 5.92 Å². The SMILES string of the molecule is CCC1CCCC(NC2CCCN(CC)CC2)C1. The van der Waals surface area contributed by atoms with Gasteiger partial charge < -0.3 is 10.2 Å². The van der Waals surface area contributed by atoms with Crippen LogP contribution in [0.3, 0.4) is 0 Å². The highest BCUT2D eigenvalue weighted by Gasteiger charge is 2.24. The van der Waals surface area contributed by atoms with Gasteiger partial charge in [0.05, 0.1) is 0 Å². The quantitative estimate of drug-likeness (QED) is 0.825. The summed E-state index contributed by atoms with van der Waals surface area (Å²) in [6, 6.07) is 1.61. The van der Waals surface area contributed by atoms with E-state index in [-0.39, 0.29) is 0 Å². The van der Waals surface area contributed by atoms with Crippen LogP contribution >= 0.6 is 0 Å². The number of rotatable bonds is 4. The standard InChI is InChI=1S/C16H32N2/c1-3-14-7-5-8-16(13-14)17-15-9-6-11-18(4-2)12-10-15/h14-17H,3-13H2,1-2H3. The second-order valence-electron chi connectivity index (χ2n) is 6.37. The van der Waals surface area contributed by atoms with Crippen LogP contribution in [-0.2, 0) is 0 Å². The molecule has 0 radical (unpaired) electrons. The maximum absolute atomic E-state index is 3.98. The molecule has 1 saturated carbocycles. The van der Waals surface area contributed by atoms with E-state index in [1.807, 2.05) is 0 Å². The van der Waals surface area contributed by atoms with Gasteiger partial charge in [0, 0.05) is 12.1 Å². The van der Waals surface area contributed by atoms with E-state index in [1.165, 1.54) is 71.0 Å². The van der Waals surface area contributed by atoms with Crippen molar-refractivity contribution in [1.82, 2.24) is 10.2 Å². The number of nitrogens with one attached hydrogen (secondary N) is 1. The molecular weight excluding hydrogens is 220 g/mol. The van der Waals surface area contributed by atoms with Crippen LogP contribution in [-0.4, -0.2) is 36.6 Å². The van der Waals surface area contributed by atoms with Crippen LogP contribution in [0.15, 0.2) is 0 Å². The first-order valence-electron chi connectivity index (χ1n) is 8.30. The van der Waals surface area contributed by atoms with Crippen molar-refractivity contribution in [1.29, 1.82) is 0 Å². The lowest BCUT2D eigenvalue weighted by molar-refractivity contribution is 0.251. The number of hydrogen-bond donors (Lipinski definition) is 1. The van der Waals surface area contributed by atoms with Crippen molar-refractivity contribution in [2.45, 2.75) is 77.3 Å². The maximum Gasteiger partial charge on any atom is 0.00823 e. The van der Waals surface area contributed by atoms with E-state index in [4.69, 9.17) is 0 Å². The summed E-state index contributed by atoms with van der Waals surface area (Å²) in [6.45, 7) is 8.50. The Labute approximate surface area is 114 Å². The van der Waals surface area contributed by atoms with Gasteiger partial charge in [0.1, 0.15) is 0 Å². The second kappa shape index (κ2) is 7.49. The molecule has 2 fully saturated rings. The summed E-state index contributed by atoms with van der Waals surface area (Å²) in [4.78, 5) is 2.61. The summed E-state index contributed by atoms with van der Waals surface area (Å²) in [5, 5.41) is 3.98. The molecule has 0 aromatic heterocycles. The summed E-state index contributed by atoms with van der Waals surface area (Å²) in [5.74, 6) is 0.995. The number of nitrogens with zero attached hydrogens (tertiary/aromatic N) is 1. The minimum Gasteiger partial charge on any atom is -0.311 e. The molecule has 1 saturated heterocycles. The van der Waals surface area contributed by atoms with Crippen LogP contribution in [0.4, 0.5) is 0 Å². The minimum absolute atomic E-state index is 0.794. The molecule has 0 aromatic carbocycles. The molecule has 18 heavy (non-hydrogen) atoms. The highest BCUT2D eigenvalue weighted by atomic mass is 15.1. The van der Waals surface area contributed by atoms with Crippen molar-refractivity contribution in [3.63, 3.8) is 0 Å². The summed E-state index contributed by atoms with van der Waals surface area (Å²) < 4.78 is 0. The van der Waals surface area contributed by atoms with Gasteiger partial charge in [0.2, 0.25) is 0 Å². The van der Waals surface area contributed by atoms with Gasteiger partial charge in [0.25, 0.3) is 0 Å². The monoisotopic (exact) mass is 252 g/mol. The van der Waals surface area contributed by atoms with Gasteiger partial charge in [0.15, 0.2) is 0 Å². The fourth-order valence-corrected chi connectivity index (χ4v) is 3.79. The van der Waals surface area contributed by atoms with Crippen LogP contribution < -0.4 is 5.32 Å². The van der Waals surface area contributed by atoms with Crippen molar-refractivity contribution < 1.29 is 0 Å². The molecule has 0 amide bonds. The van der Waals surface area contributed by atoms with Crippen LogP contribution in [0.2, 0.25) is 0 Å². The van der Waals surface area contributed by atoms with Crippen molar-refractivity contribution in [2.24, 2.45) is 5.92 Å². The van der Waals surface area contributed by atoms with Crippen LogP contribution in [0.5, 0.6) is 0 Å². The Morgan fingerprint density at radius 2 is 1.78 bits per heavy atom. The van der Waals surface area contributed by atoms with E-state index >= 15 is 0 Å². The highest BCUT2D eigenvalue weighted by Crippen LogP contribution is 2.27. The van der Waals surface area contributed by atoms with Crippen LogP contribution in [0.25, 0.3) is 0 Å². The van der Waals surface area contributed by atoms with Gasteiger partial charge in [-0.25, -0.2) is 0 Å². The third kappa shape index (κ3) is 4.24. The molecule has 1 aliphatic heterocycles. The van der Waals surface area contributed by atoms with Crippen LogP contribution in [0.1, 0.15) is 65.2 Å². The van der Waals surface area contributed by atoms with Gasteiger partial charge in [-0.15, -0.1) is 0 Å². The van der Waals surface area contributed by atoms with Crippen molar-refractivity contribution in [3.05, 3.63) is 0 Å². The maximum atomic E-state index is 3.98. The Hall–Kier alpha value is -0.0800. The first-order chi connectivity index (χ1) is 8.81. The Balaban J connectivity index is 1.75. The molecule has 3 atom stereocenters. The molecule has 3 unspecified atom stereocenters. The first kappa shape index (κ1) is 14.3. The molecule has 1 aliphatic carbocycles. The summed E-state index contributed by atoms with van der Waals surface area (Å²) >= 11 is 0. The molecule has 0 aromatic rings. The smallest absolute Gasteiger partial charge is 0.00823 e. The highest BCUT2D eigenvalue weighted by molar-refractivity contribution is 4.82. The third-order valence-electron chi connectivity index (χ3n) is 5.10. The number of hydrogen-bond acceptors (Lipinski definition) is 2. The van der Waals surface area contributed by atoms with Crippen molar-refractivity contribution in [2.75, 3.05) is 19.6 Å². The zero-order valence-electron chi connectivity index (χ0n) is 12.5. The fraction of sp³-hybridized carbons (Fsp3) is 1.00. The molecule has 0 bridgehead atoms. The van der Waals surface area contributed by atoms with Gasteiger partial charge in [-0.05, 0) is 57.7 Å². The molecule has 1 N–H and O–H groups in total. The predicted molar refractivity (Wildman–Crippen MR) is 78.9 cm³/mol. The summed E-state index contributed by atoms with van der Waals surface area (Å²) in [5.41, 5.74) is 0. The van der Waals surface area contributed by atoms with E-state index in [9.17, 15) is 0 Å². The zero-order chi connectivity index (χ0) is 12.8. The Morgan fingerprint density at radius 1 is 0.944 bits per heavy atom. The van der Waals surface area contributed by atoms with Gasteiger partial charge in [-0.2, -0.15) is 0 Å². The van der Waals surface area contributed by atoms with Crippen molar-refractivity contribution >= 4 is 0 Å². The van der Waals surface area contributed by atoms with E-state index in [2.05, 4.69) is 24.1 Å². The normalized spacial score (nSPS) is 35.3. The molecule has 2 heteroatoms. The molecular formula is C16H32N2. The van der Waals surface area contributed by atoms with Gasteiger partial charge in [-0.3, -0.25) is 0 Å². The second-order valence-corrected chi connectivity index (χ2v) is 6.37. The average Bonchev–Trinajstić information content (AvgIpc) is 2.64. The molecule has 2 nitrogen and oxygen atoms in total. The van der Waals surface area contributed by atoms with Gasteiger partial charge >= 0.3 is 0 Å². The van der Waals surface area contributed by atoms with Crippen molar-refractivity contribution in [3.8, 4) is 0 Å². The Morgan fingerprint density at radius 3 is 2.56 bits per heavy atom. The first-order valence-corrected chi connectivity index (χ1v) is 8.30. The average molecular weight is 252 g/mol. The molecule has 2 aliphatic rings. The molecule has 0 spiro atoms. The van der Waals surface area contributed by atoms with E-state index < -0.39 is 0 Å². The molecule has 2 rings (SSSR count). The summed E-state index contributed by atoms with van der Waals surface area (Å²) in [7, 11) is 0. The molecule has 106 valence electrons. The summed E-state index contributed by atoms with van der Waals surface area (Å²) in [6.07, 6.45) is 11.3. The third-order valence-corrected chi connectivity index (χ3v) is 5.10. The predicted octanol–water partition coefficient (Wildman–Crippen LogP) is 3.42. The van der Waals surface area contributed by atoms with E-state index in [0.717, 1.165) is 18.0 Å². The lowest BCUT2D eigenvalue weighted by Gasteiger charge is -2.32. The topological polar surface area (TPSA) is 15.3 Å². The van der Waals surface area contributed by atoms with Gasteiger partial charge in [-0.1, -0.05) is 33.1 Å². The Bertz CT molecular complexity index is 229. The minimum atomic E-state index is 0.794. The Kier molecular flexibility index (Phi) is 5.97. The molecule has 1 heterocycles. The van der Waals surface area contributed by atoms with E-state index in [1.54, 1.807) is 0 Å². The van der Waals surface area contributed by atoms with E-state index in [0.29, 0.717) is 0 Å². The number of likely N-dealkylation sites (tertiary alicyclic amines) is 1. The largest absolute Gasteiger partial charge is 0.311 e. The lowest BCUT2D eigenvalue weighted by Crippen LogP contribution is -2.41. The fourth-order valence-electron chi connectivity index (χ4n) is 3.79.